The lowest BCUT2D eigenvalue weighted by Gasteiger charge is -2.13. The number of pyridine rings is 1. The van der Waals surface area contributed by atoms with Crippen molar-refractivity contribution in [3.05, 3.63) is 164 Å². The first-order valence-electron chi connectivity index (χ1n) is 18.1. The number of fused-ring (bicyclic) bond motifs is 11. The highest BCUT2D eigenvalue weighted by molar-refractivity contribution is 7.25. The molecule has 0 atom stereocenters. The highest BCUT2D eigenvalue weighted by atomic mass is 32.1. The summed E-state index contributed by atoms with van der Waals surface area (Å²) in [7, 11) is 0. The van der Waals surface area contributed by atoms with E-state index in [-0.39, 0.29) is 0 Å². The van der Waals surface area contributed by atoms with Crippen molar-refractivity contribution >= 4 is 86.0 Å². The Morgan fingerprint density at radius 1 is 0.418 bits per heavy atom. The van der Waals surface area contributed by atoms with Crippen molar-refractivity contribution in [2.24, 2.45) is 0 Å². The van der Waals surface area contributed by atoms with Crippen LogP contribution in [0, 0.1) is 0 Å². The largest absolute Gasteiger partial charge is 0.307 e. The summed E-state index contributed by atoms with van der Waals surface area (Å²) in [5.74, 6) is 2.00. The first-order valence-corrected chi connectivity index (χ1v) is 19.0. The van der Waals surface area contributed by atoms with Crippen molar-refractivity contribution in [3.63, 3.8) is 0 Å². The Morgan fingerprint density at radius 2 is 1.04 bits per heavy atom. The summed E-state index contributed by atoms with van der Waals surface area (Å²) < 4.78 is 7.32. The lowest BCUT2D eigenvalue weighted by Crippen LogP contribution is -2.01. The third-order valence-electron chi connectivity index (χ3n) is 10.7. The van der Waals surface area contributed by atoms with Crippen LogP contribution in [0.15, 0.2) is 164 Å². The third kappa shape index (κ3) is 4.52. The van der Waals surface area contributed by atoms with Gasteiger partial charge in [0.1, 0.15) is 5.82 Å². The number of para-hydroxylation sites is 2. The van der Waals surface area contributed by atoms with E-state index in [0.29, 0.717) is 11.6 Å². The fourth-order valence-corrected chi connectivity index (χ4v) is 9.30. The molecule has 6 aromatic heterocycles. The van der Waals surface area contributed by atoms with Crippen molar-refractivity contribution in [1.29, 1.82) is 0 Å². The Labute approximate surface area is 317 Å². The molecule has 6 aromatic carbocycles. The maximum Gasteiger partial charge on any atom is 0.162 e. The number of hydrogen-bond donors (Lipinski definition) is 0. The zero-order valence-electron chi connectivity index (χ0n) is 29.1. The Morgan fingerprint density at radius 3 is 1.82 bits per heavy atom. The second kappa shape index (κ2) is 11.6. The van der Waals surface area contributed by atoms with Gasteiger partial charge in [0.2, 0.25) is 0 Å². The van der Waals surface area contributed by atoms with Crippen LogP contribution in [0.4, 0.5) is 0 Å². The molecule has 0 aliphatic carbocycles. The van der Waals surface area contributed by atoms with Gasteiger partial charge in [0.25, 0.3) is 0 Å². The molecular weight excluding hydrogens is 695 g/mol. The van der Waals surface area contributed by atoms with Crippen LogP contribution < -0.4 is 0 Å². The van der Waals surface area contributed by atoms with E-state index >= 15 is 0 Å². The lowest BCUT2D eigenvalue weighted by atomic mass is 10.1. The second-order valence-corrected chi connectivity index (χ2v) is 14.9. The Balaban J connectivity index is 1.11. The van der Waals surface area contributed by atoms with Crippen molar-refractivity contribution in [3.8, 4) is 34.3 Å². The van der Waals surface area contributed by atoms with E-state index in [1.807, 2.05) is 54.1 Å². The standard InChI is InChI=1S/C47H27N7S/c1-2-10-28(11-3-1)46-49-26-30(27-50-46)47-51-25-29-24-48-43(23-38(29)52-47)54-40-16-8-5-13-33(40)36-20-19-35-32-12-4-7-15-39(32)53(44(35)45(36)54)31-18-21-42-37(22-31)34-14-6-9-17-41(34)55-42/h1-27H. The summed E-state index contributed by atoms with van der Waals surface area (Å²) in [6.07, 6.45) is 7.27. The summed E-state index contributed by atoms with van der Waals surface area (Å²) in [5.41, 5.74) is 8.08. The normalized spacial score (nSPS) is 12.0. The van der Waals surface area contributed by atoms with E-state index in [1.54, 1.807) is 12.4 Å². The van der Waals surface area contributed by atoms with Crippen molar-refractivity contribution < 1.29 is 0 Å². The second-order valence-electron chi connectivity index (χ2n) is 13.8. The first-order chi connectivity index (χ1) is 27.3. The van der Waals surface area contributed by atoms with Gasteiger partial charge in [-0.2, -0.15) is 0 Å². The molecule has 0 aliphatic heterocycles. The highest BCUT2D eigenvalue weighted by Gasteiger charge is 2.22. The predicted octanol–water partition coefficient (Wildman–Crippen LogP) is 11.7. The van der Waals surface area contributed by atoms with E-state index < -0.39 is 0 Å². The first kappa shape index (κ1) is 30.2. The van der Waals surface area contributed by atoms with Crippen LogP contribution in [0.3, 0.4) is 0 Å². The molecule has 256 valence electrons. The van der Waals surface area contributed by atoms with Gasteiger partial charge < -0.3 is 4.57 Å². The summed E-state index contributed by atoms with van der Waals surface area (Å²) in [6, 6.07) is 49.5. The lowest BCUT2D eigenvalue weighted by molar-refractivity contribution is 1.08. The maximum atomic E-state index is 5.08. The molecule has 0 bridgehead atoms. The van der Waals surface area contributed by atoms with Gasteiger partial charge in [-0.1, -0.05) is 97.1 Å². The molecule has 0 N–H and O–H groups in total. The number of thiophene rings is 1. The minimum Gasteiger partial charge on any atom is -0.307 e. The molecule has 0 spiro atoms. The molecule has 7 nitrogen and oxygen atoms in total. The molecule has 8 heteroatoms. The predicted molar refractivity (Wildman–Crippen MR) is 225 cm³/mol. The number of benzene rings is 6. The monoisotopic (exact) mass is 721 g/mol. The van der Waals surface area contributed by atoms with Crippen molar-refractivity contribution in [1.82, 2.24) is 34.1 Å². The van der Waals surface area contributed by atoms with E-state index in [0.717, 1.165) is 66.4 Å². The van der Waals surface area contributed by atoms with Gasteiger partial charge in [-0.25, -0.2) is 24.9 Å². The molecule has 0 radical (unpaired) electrons. The van der Waals surface area contributed by atoms with Gasteiger partial charge in [-0.3, -0.25) is 4.57 Å². The molecule has 12 rings (SSSR count). The molecular formula is C47H27N7S. The van der Waals surface area contributed by atoms with Crippen LogP contribution >= 0.6 is 11.3 Å². The van der Waals surface area contributed by atoms with E-state index in [9.17, 15) is 0 Å². The number of aromatic nitrogens is 7. The average molecular weight is 722 g/mol. The molecule has 0 unspecified atom stereocenters. The molecule has 0 saturated heterocycles. The van der Waals surface area contributed by atoms with Crippen molar-refractivity contribution in [2.45, 2.75) is 0 Å². The zero-order valence-corrected chi connectivity index (χ0v) is 29.9. The molecule has 0 saturated carbocycles. The van der Waals surface area contributed by atoms with Crippen LogP contribution in [-0.4, -0.2) is 34.1 Å². The molecule has 12 aromatic rings. The maximum absolute atomic E-state index is 5.08. The summed E-state index contributed by atoms with van der Waals surface area (Å²) >= 11 is 1.84. The van der Waals surface area contributed by atoms with Crippen LogP contribution in [0.1, 0.15) is 0 Å². The highest BCUT2D eigenvalue weighted by Crippen LogP contribution is 2.43. The molecule has 0 amide bonds. The minimum absolute atomic E-state index is 0.561. The Kier molecular flexibility index (Phi) is 6.37. The average Bonchev–Trinajstić information content (AvgIpc) is 3.91. The van der Waals surface area contributed by atoms with Gasteiger partial charge in [-0.05, 0) is 36.4 Å². The minimum atomic E-state index is 0.561. The van der Waals surface area contributed by atoms with Crippen LogP contribution in [0.25, 0.3) is 109 Å². The van der Waals surface area contributed by atoms with Gasteiger partial charge in [0.05, 0.1) is 33.1 Å². The Bertz CT molecular complexity index is 3490. The van der Waals surface area contributed by atoms with Gasteiger partial charge >= 0.3 is 0 Å². The number of rotatable bonds is 4. The molecule has 55 heavy (non-hydrogen) atoms. The number of hydrogen-bond acceptors (Lipinski definition) is 6. The third-order valence-corrected chi connectivity index (χ3v) is 11.9. The fourth-order valence-electron chi connectivity index (χ4n) is 8.22. The molecule has 0 aliphatic rings. The van der Waals surface area contributed by atoms with Crippen molar-refractivity contribution in [2.75, 3.05) is 0 Å². The fraction of sp³-hybridized carbons (Fsp3) is 0. The Hall–Kier alpha value is -7.29. The van der Waals surface area contributed by atoms with Crippen LogP contribution in [0.5, 0.6) is 0 Å². The molecule has 6 heterocycles. The number of nitrogens with zero attached hydrogens (tertiary/aromatic N) is 7. The topological polar surface area (TPSA) is 74.3 Å². The van der Waals surface area contributed by atoms with Crippen LogP contribution in [-0.2, 0) is 0 Å². The van der Waals surface area contributed by atoms with E-state index in [2.05, 4.69) is 133 Å². The van der Waals surface area contributed by atoms with Gasteiger partial charge in [0, 0.05) is 89.2 Å². The van der Waals surface area contributed by atoms with Gasteiger partial charge in [0.15, 0.2) is 11.6 Å². The van der Waals surface area contributed by atoms with Gasteiger partial charge in [-0.15, -0.1) is 11.3 Å². The molecule has 0 fully saturated rings. The zero-order chi connectivity index (χ0) is 36.0. The summed E-state index contributed by atoms with van der Waals surface area (Å²) in [4.78, 5) is 24.1. The summed E-state index contributed by atoms with van der Waals surface area (Å²) in [5, 5.41) is 8.12. The quantitative estimate of drug-likeness (QED) is 0.181. The van der Waals surface area contributed by atoms with E-state index in [4.69, 9.17) is 9.97 Å². The smallest absolute Gasteiger partial charge is 0.162 e. The summed E-state index contributed by atoms with van der Waals surface area (Å²) in [6.45, 7) is 0. The van der Waals surface area contributed by atoms with Crippen LogP contribution in [0.2, 0.25) is 0 Å². The van der Waals surface area contributed by atoms with E-state index in [1.165, 1.54) is 30.9 Å². The SMILES string of the molecule is c1ccc(-c2ncc(-c3ncc4cnc(-n5c6ccccc6c6ccc7c8ccccc8n(-c8ccc9sc%10ccccc%10c9c8)c7c65)cc4n3)cn2)cc1.